The normalized spacial score (nSPS) is 10.7. The summed E-state index contributed by atoms with van der Waals surface area (Å²) in [6, 6.07) is 3.85. The lowest BCUT2D eigenvalue weighted by molar-refractivity contribution is 0.960. The maximum atomic E-state index is 5.66. The van der Waals surface area contributed by atoms with E-state index in [0.717, 1.165) is 5.44 Å². The molecule has 0 aromatic carbocycles. The number of hydrogen-bond acceptors (Lipinski definition) is 0. The van der Waals surface area contributed by atoms with Crippen LogP contribution in [0.25, 0.3) is 0 Å². The fraction of sp³-hybridized carbons (Fsp3) is 0.200. The Balaban J connectivity index is 2.94. The molecule has 0 saturated heterocycles. The lowest BCUT2D eigenvalue weighted by atomic mass is 10.7. The molecule has 0 radical (unpaired) electrons. The van der Waals surface area contributed by atoms with E-state index in [1.165, 1.54) is 0 Å². The third-order valence-electron chi connectivity index (χ3n) is 1.09. The summed E-state index contributed by atoms with van der Waals surface area (Å²) < 4.78 is 1.92. The van der Waals surface area contributed by atoms with Crippen LogP contribution in [0.5, 0.6) is 0 Å². The first-order valence-electron chi connectivity index (χ1n) is 2.45. The molecule has 0 unspecified atom stereocenters. The molecule has 0 spiro atoms. The molecule has 0 aliphatic rings. The smallest absolute Gasteiger partial charge is 0.133 e. The zero-order chi connectivity index (χ0) is 6.85. The van der Waals surface area contributed by atoms with Gasteiger partial charge >= 0.3 is 0 Å². The molecule has 0 fully saturated rings. The largest absolute Gasteiger partial charge is 0.349 e. The van der Waals surface area contributed by atoms with Crippen molar-refractivity contribution in [2.24, 2.45) is 7.05 Å². The van der Waals surface area contributed by atoms with Crippen LogP contribution >= 0.6 is 29.1 Å². The predicted octanol–water partition coefficient (Wildman–Crippen LogP) is 2.44. The standard InChI is InChI=1S/C5H6Cl2NP/c1-8-4-2-3-5(8)9(6)7/h2-4H,1H3. The van der Waals surface area contributed by atoms with Gasteiger partial charge in [0.15, 0.2) is 0 Å². The van der Waals surface area contributed by atoms with Gasteiger partial charge in [0.05, 0.1) is 5.44 Å². The van der Waals surface area contributed by atoms with Gasteiger partial charge in [-0.2, -0.15) is 0 Å². The molecule has 0 N–H and O–H groups in total. The van der Waals surface area contributed by atoms with Gasteiger partial charge in [-0.3, -0.25) is 0 Å². The Bertz CT molecular complexity index is 197. The van der Waals surface area contributed by atoms with Gasteiger partial charge < -0.3 is 4.57 Å². The first-order valence-corrected chi connectivity index (χ1v) is 5.60. The molecule has 0 atom stereocenters. The third-order valence-corrected chi connectivity index (χ3v) is 2.94. The molecule has 4 heteroatoms. The van der Waals surface area contributed by atoms with E-state index in [-0.39, 0.29) is 0 Å². The van der Waals surface area contributed by atoms with Crippen molar-refractivity contribution in [3.8, 4) is 0 Å². The second-order valence-corrected chi connectivity index (χ2v) is 5.18. The van der Waals surface area contributed by atoms with Crippen molar-refractivity contribution in [1.82, 2.24) is 4.57 Å². The first kappa shape index (κ1) is 7.40. The highest BCUT2D eigenvalue weighted by Gasteiger charge is 2.04. The zero-order valence-electron chi connectivity index (χ0n) is 4.88. The minimum atomic E-state index is -0.972. The fourth-order valence-corrected chi connectivity index (χ4v) is 2.19. The lowest BCUT2D eigenvalue weighted by Crippen LogP contribution is -2.05. The molecule has 1 aromatic heterocycles. The van der Waals surface area contributed by atoms with Gasteiger partial charge in [0.1, 0.15) is 6.63 Å². The van der Waals surface area contributed by atoms with Crippen LogP contribution < -0.4 is 5.44 Å². The van der Waals surface area contributed by atoms with E-state index in [0.29, 0.717) is 0 Å². The Morgan fingerprint density at radius 3 is 2.44 bits per heavy atom. The Morgan fingerprint density at radius 2 is 2.22 bits per heavy atom. The summed E-state index contributed by atoms with van der Waals surface area (Å²) in [5.74, 6) is 0. The average Bonchev–Trinajstić information content (AvgIpc) is 2.13. The average molecular weight is 182 g/mol. The highest BCUT2D eigenvalue weighted by molar-refractivity contribution is 8.08. The van der Waals surface area contributed by atoms with Crippen LogP contribution in [0.15, 0.2) is 18.3 Å². The minimum Gasteiger partial charge on any atom is -0.349 e. The first-order chi connectivity index (χ1) is 4.22. The van der Waals surface area contributed by atoms with Crippen molar-refractivity contribution in [2.45, 2.75) is 0 Å². The van der Waals surface area contributed by atoms with Crippen LogP contribution in [0.4, 0.5) is 0 Å². The lowest BCUT2D eigenvalue weighted by Gasteiger charge is -2.00. The van der Waals surface area contributed by atoms with Crippen molar-refractivity contribution in [1.29, 1.82) is 0 Å². The molecule has 0 amide bonds. The number of halogens is 2. The highest BCUT2D eigenvalue weighted by atomic mass is 35.9. The summed E-state index contributed by atoms with van der Waals surface area (Å²) in [5, 5.41) is 0. The number of nitrogens with zero attached hydrogens (tertiary/aromatic N) is 1. The van der Waals surface area contributed by atoms with E-state index in [2.05, 4.69) is 0 Å². The van der Waals surface area contributed by atoms with Gasteiger partial charge in [0, 0.05) is 13.2 Å². The van der Waals surface area contributed by atoms with Gasteiger partial charge in [-0.15, -0.1) is 0 Å². The van der Waals surface area contributed by atoms with Crippen LogP contribution in [-0.2, 0) is 7.05 Å². The van der Waals surface area contributed by atoms with Crippen molar-refractivity contribution >= 4 is 34.5 Å². The number of aryl methyl sites for hydroxylation is 1. The second-order valence-electron chi connectivity index (χ2n) is 1.71. The summed E-state index contributed by atoms with van der Waals surface area (Å²) in [7, 11) is 1.93. The molecular formula is C5H6Cl2NP. The third kappa shape index (κ3) is 1.61. The van der Waals surface area contributed by atoms with Crippen LogP contribution in [-0.4, -0.2) is 4.57 Å². The molecular weight excluding hydrogens is 176 g/mol. The van der Waals surface area contributed by atoms with Gasteiger partial charge in [0.2, 0.25) is 0 Å². The maximum absolute atomic E-state index is 5.66. The SMILES string of the molecule is Cn1cccc1P(Cl)Cl. The molecule has 9 heavy (non-hydrogen) atoms. The Kier molecular flexibility index (Phi) is 2.40. The van der Waals surface area contributed by atoms with E-state index >= 15 is 0 Å². The summed E-state index contributed by atoms with van der Waals surface area (Å²) in [4.78, 5) is 0. The van der Waals surface area contributed by atoms with Gasteiger partial charge in [-0.25, -0.2) is 0 Å². The predicted molar refractivity (Wildman–Crippen MR) is 43.7 cm³/mol. The van der Waals surface area contributed by atoms with Gasteiger partial charge in [-0.05, 0) is 12.1 Å². The van der Waals surface area contributed by atoms with E-state index in [1.807, 2.05) is 29.9 Å². The maximum Gasteiger partial charge on any atom is 0.133 e. The number of rotatable bonds is 1. The summed E-state index contributed by atoms with van der Waals surface area (Å²) in [5.41, 5.74) is 0.994. The van der Waals surface area contributed by atoms with E-state index in [1.54, 1.807) is 0 Å². The molecule has 1 rings (SSSR count). The highest BCUT2D eigenvalue weighted by Crippen LogP contribution is 2.44. The van der Waals surface area contributed by atoms with Crippen molar-refractivity contribution < 1.29 is 0 Å². The Hall–Kier alpha value is 0.290. The molecule has 0 saturated carbocycles. The Morgan fingerprint density at radius 1 is 1.56 bits per heavy atom. The van der Waals surface area contributed by atoms with Gasteiger partial charge in [0.25, 0.3) is 0 Å². The van der Waals surface area contributed by atoms with Gasteiger partial charge in [-0.1, -0.05) is 22.5 Å². The molecule has 0 aliphatic carbocycles. The topological polar surface area (TPSA) is 4.93 Å². The van der Waals surface area contributed by atoms with Crippen molar-refractivity contribution in [2.75, 3.05) is 0 Å². The number of hydrogen-bond donors (Lipinski definition) is 0. The minimum absolute atomic E-state index is 0.972. The van der Waals surface area contributed by atoms with Crippen molar-refractivity contribution in [3.63, 3.8) is 0 Å². The van der Waals surface area contributed by atoms with E-state index < -0.39 is 6.63 Å². The monoisotopic (exact) mass is 181 g/mol. The van der Waals surface area contributed by atoms with Crippen LogP contribution in [0.1, 0.15) is 0 Å². The molecule has 0 bridgehead atoms. The molecule has 50 valence electrons. The molecule has 0 aliphatic heterocycles. The van der Waals surface area contributed by atoms with E-state index in [9.17, 15) is 0 Å². The molecule has 1 heterocycles. The summed E-state index contributed by atoms with van der Waals surface area (Å²) >= 11 is 11.3. The second kappa shape index (κ2) is 2.92. The molecule has 1 nitrogen and oxygen atoms in total. The fourth-order valence-electron chi connectivity index (χ4n) is 0.628. The summed E-state index contributed by atoms with van der Waals surface area (Å²) in [6.45, 7) is -0.972. The van der Waals surface area contributed by atoms with Crippen LogP contribution in [0, 0.1) is 0 Å². The van der Waals surface area contributed by atoms with Crippen LogP contribution in [0.3, 0.4) is 0 Å². The zero-order valence-corrected chi connectivity index (χ0v) is 7.29. The van der Waals surface area contributed by atoms with E-state index in [4.69, 9.17) is 22.5 Å². The van der Waals surface area contributed by atoms with Crippen molar-refractivity contribution in [3.05, 3.63) is 18.3 Å². The quantitative estimate of drug-likeness (QED) is 0.587. The Labute approximate surface area is 64.9 Å². The van der Waals surface area contributed by atoms with Crippen LogP contribution in [0.2, 0.25) is 0 Å². The molecule has 1 aromatic rings. The number of aromatic nitrogens is 1. The summed E-state index contributed by atoms with van der Waals surface area (Å²) in [6.07, 6.45) is 1.93.